The minimum absolute atomic E-state index is 0.0119. The molecule has 1 saturated heterocycles. The van der Waals surface area contributed by atoms with E-state index in [0.29, 0.717) is 28.8 Å². The molecule has 8 heteroatoms. The zero-order valence-electron chi connectivity index (χ0n) is 14.2. The number of carbonyl (C=O) groups is 3. The summed E-state index contributed by atoms with van der Waals surface area (Å²) in [5.74, 6) is -1.07. The molecule has 1 heterocycles. The molecule has 2 aromatic rings. The van der Waals surface area contributed by atoms with E-state index in [0.717, 1.165) is 6.42 Å². The highest BCUT2D eigenvalue weighted by atomic mass is 79.9. The smallest absolute Gasteiger partial charge is 0.337 e. The minimum atomic E-state index is -1.14. The molecule has 0 bridgehead atoms. The highest BCUT2D eigenvalue weighted by Crippen LogP contribution is 2.23. The molecule has 0 aliphatic carbocycles. The zero-order chi connectivity index (χ0) is 19.4. The molecule has 1 fully saturated rings. The van der Waals surface area contributed by atoms with E-state index in [9.17, 15) is 19.5 Å². The van der Waals surface area contributed by atoms with Gasteiger partial charge >= 0.3 is 5.97 Å². The van der Waals surface area contributed by atoms with Gasteiger partial charge in [0, 0.05) is 16.5 Å². The quantitative estimate of drug-likeness (QED) is 0.650. The fourth-order valence-corrected chi connectivity index (χ4v) is 3.08. The minimum Gasteiger partial charge on any atom is -0.491 e. The maximum Gasteiger partial charge on any atom is 0.337 e. The lowest BCUT2D eigenvalue weighted by molar-refractivity contribution is -0.119. The second-order valence-corrected chi connectivity index (χ2v) is 7.01. The third kappa shape index (κ3) is 4.85. The molecule has 7 nitrogen and oxygen atoms in total. The molecule has 3 N–H and O–H groups in total. The average Bonchev–Trinajstić information content (AvgIpc) is 3.07. The average molecular weight is 433 g/mol. The number of aromatic carboxylic acids is 1. The van der Waals surface area contributed by atoms with Gasteiger partial charge in [0.15, 0.2) is 0 Å². The van der Waals surface area contributed by atoms with Gasteiger partial charge in [-0.3, -0.25) is 9.59 Å². The van der Waals surface area contributed by atoms with Crippen LogP contribution in [0.15, 0.2) is 46.9 Å². The Morgan fingerprint density at radius 3 is 2.78 bits per heavy atom. The van der Waals surface area contributed by atoms with Crippen LogP contribution in [0.5, 0.6) is 5.75 Å². The van der Waals surface area contributed by atoms with E-state index >= 15 is 0 Å². The van der Waals surface area contributed by atoms with Crippen LogP contribution in [0.4, 0.5) is 5.69 Å². The number of amides is 2. The summed E-state index contributed by atoms with van der Waals surface area (Å²) >= 11 is 3.22. The van der Waals surface area contributed by atoms with Crippen molar-refractivity contribution in [2.45, 2.75) is 18.9 Å². The maximum absolute atomic E-state index is 12.5. The molecule has 27 heavy (non-hydrogen) atoms. The molecular formula is C19H17BrN2O5. The van der Waals surface area contributed by atoms with Crippen LogP contribution in [0.1, 0.15) is 33.6 Å². The SMILES string of the molecule is O=C1CCC(COc2cccc(C(=O)Nc3ccc(Br)cc3C(=O)O)c2)N1. The number of nitrogens with one attached hydrogen (secondary N) is 2. The van der Waals surface area contributed by atoms with Crippen LogP contribution in [0.25, 0.3) is 0 Å². The number of rotatable bonds is 6. The molecule has 1 aliphatic rings. The third-order valence-electron chi connectivity index (χ3n) is 4.09. The van der Waals surface area contributed by atoms with Gasteiger partial charge in [-0.05, 0) is 42.8 Å². The Morgan fingerprint density at radius 1 is 1.26 bits per heavy atom. The van der Waals surface area contributed by atoms with Gasteiger partial charge in [0.2, 0.25) is 5.91 Å². The summed E-state index contributed by atoms with van der Waals surface area (Å²) in [5, 5.41) is 14.7. The second kappa shape index (κ2) is 8.22. The van der Waals surface area contributed by atoms with E-state index in [-0.39, 0.29) is 23.2 Å². The van der Waals surface area contributed by atoms with Crippen LogP contribution in [0, 0.1) is 0 Å². The lowest BCUT2D eigenvalue weighted by Crippen LogP contribution is -2.30. The summed E-state index contributed by atoms with van der Waals surface area (Å²) in [5.41, 5.74) is 0.528. The Labute approximate surface area is 163 Å². The second-order valence-electron chi connectivity index (χ2n) is 6.09. The van der Waals surface area contributed by atoms with Gasteiger partial charge < -0.3 is 20.5 Å². The number of carboxylic acids is 1. The number of hydrogen-bond acceptors (Lipinski definition) is 4. The predicted octanol–water partition coefficient (Wildman–Crippen LogP) is 3.06. The zero-order valence-corrected chi connectivity index (χ0v) is 15.8. The molecule has 1 aliphatic heterocycles. The first kappa shape index (κ1) is 18.9. The molecule has 0 spiro atoms. The van der Waals surface area contributed by atoms with Crippen molar-refractivity contribution in [3.8, 4) is 5.75 Å². The lowest BCUT2D eigenvalue weighted by Gasteiger charge is -2.13. The van der Waals surface area contributed by atoms with Crippen LogP contribution in [0.2, 0.25) is 0 Å². The molecule has 0 radical (unpaired) electrons. The Morgan fingerprint density at radius 2 is 2.07 bits per heavy atom. The molecule has 1 unspecified atom stereocenters. The van der Waals surface area contributed by atoms with Crippen molar-refractivity contribution in [1.82, 2.24) is 5.32 Å². The van der Waals surface area contributed by atoms with Crippen molar-refractivity contribution in [2.24, 2.45) is 0 Å². The highest BCUT2D eigenvalue weighted by Gasteiger charge is 2.21. The standard InChI is InChI=1S/C19H17BrN2O5/c20-12-4-6-16(15(9-12)19(25)26)22-18(24)11-2-1-3-14(8-11)27-10-13-5-7-17(23)21-13/h1-4,6,8-9,13H,5,7,10H2,(H,21,23)(H,22,24)(H,25,26). The fourth-order valence-electron chi connectivity index (χ4n) is 2.72. The molecule has 2 amide bonds. The number of hydrogen-bond donors (Lipinski definition) is 3. The van der Waals surface area contributed by atoms with E-state index < -0.39 is 11.9 Å². The van der Waals surface area contributed by atoms with Gasteiger partial charge in [0.1, 0.15) is 12.4 Å². The van der Waals surface area contributed by atoms with Gasteiger partial charge in [-0.1, -0.05) is 22.0 Å². The van der Waals surface area contributed by atoms with Gasteiger partial charge in [-0.15, -0.1) is 0 Å². The molecule has 2 aromatic carbocycles. The normalized spacial score (nSPS) is 15.9. The summed E-state index contributed by atoms with van der Waals surface area (Å²) in [6, 6.07) is 11.1. The van der Waals surface area contributed by atoms with Crippen molar-refractivity contribution >= 4 is 39.4 Å². The number of carboxylic acid groups (broad SMARTS) is 1. The highest BCUT2D eigenvalue weighted by molar-refractivity contribution is 9.10. The van der Waals surface area contributed by atoms with E-state index in [1.165, 1.54) is 12.1 Å². The van der Waals surface area contributed by atoms with E-state index in [4.69, 9.17) is 4.74 Å². The van der Waals surface area contributed by atoms with Crippen molar-refractivity contribution in [3.63, 3.8) is 0 Å². The molecular weight excluding hydrogens is 416 g/mol. The van der Waals surface area contributed by atoms with Gasteiger partial charge in [0.05, 0.1) is 17.3 Å². The number of anilines is 1. The third-order valence-corrected chi connectivity index (χ3v) is 4.59. The number of carbonyl (C=O) groups excluding carboxylic acids is 2. The summed E-state index contributed by atoms with van der Waals surface area (Å²) in [4.78, 5) is 35.1. The number of ether oxygens (including phenoxy) is 1. The molecule has 3 rings (SSSR count). The first-order chi connectivity index (χ1) is 12.9. The van der Waals surface area contributed by atoms with E-state index in [1.54, 1.807) is 30.3 Å². The Balaban J connectivity index is 1.69. The maximum atomic E-state index is 12.5. The van der Waals surface area contributed by atoms with E-state index in [1.807, 2.05) is 0 Å². The summed E-state index contributed by atoms with van der Waals surface area (Å²) in [6.07, 6.45) is 1.22. The van der Waals surface area contributed by atoms with Gasteiger partial charge in [-0.25, -0.2) is 4.79 Å². The van der Waals surface area contributed by atoms with Crippen molar-refractivity contribution < 1.29 is 24.2 Å². The van der Waals surface area contributed by atoms with Crippen molar-refractivity contribution in [1.29, 1.82) is 0 Å². The first-order valence-corrected chi connectivity index (χ1v) is 9.08. The largest absolute Gasteiger partial charge is 0.491 e. The van der Waals surface area contributed by atoms with Crippen molar-refractivity contribution in [2.75, 3.05) is 11.9 Å². The number of halogens is 1. The lowest BCUT2D eigenvalue weighted by atomic mass is 10.1. The van der Waals surface area contributed by atoms with Crippen molar-refractivity contribution in [3.05, 3.63) is 58.1 Å². The number of benzene rings is 2. The summed E-state index contributed by atoms with van der Waals surface area (Å²) in [7, 11) is 0. The summed E-state index contributed by atoms with van der Waals surface area (Å²) < 4.78 is 6.27. The molecule has 140 valence electrons. The Hall–Kier alpha value is -2.87. The molecule has 0 saturated carbocycles. The molecule has 1 atom stereocenters. The summed E-state index contributed by atoms with van der Waals surface area (Å²) in [6.45, 7) is 0.326. The monoisotopic (exact) mass is 432 g/mol. The van der Waals surface area contributed by atoms with Crippen LogP contribution in [-0.4, -0.2) is 35.5 Å². The predicted molar refractivity (Wildman–Crippen MR) is 102 cm³/mol. The van der Waals surface area contributed by atoms with Crippen LogP contribution in [0.3, 0.4) is 0 Å². The van der Waals surface area contributed by atoms with Crippen LogP contribution < -0.4 is 15.4 Å². The van der Waals surface area contributed by atoms with Gasteiger partial charge in [-0.2, -0.15) is 0 Å². The van der Waals surface area contributed by atoms with Gasteiger partial charge in [0.25, 0.3) is 5.91 Å². The Bertz CT molecular complexity index is 899. The first-order valence-electron chi connectivity index (χ1n) is 8.29. The van der Waals surface area contributed by atoms with Crippen LogP contribution in [-0.2, 0) is 4.79 Å². The fraction of sp³-hybridized carbons (Fsp3) is 0.211. The van der Waals surface area contributed by atoms with Crippen LogP contribution >= 0.6 is 15.9 Å². The Kier molecular flexibility index (Phi) is 5.75. The van der Waals surface area contributed by atoms with E-state index in [2.05, 4.69) is 26.6 Å². The topological polar surface area (TPSA) is 105 Å². The molecule has 0 aromatic heterocycles.